The van der Waals surface area contributed by atoms with Crippen molar-refractivity contribution in [2.24, 2.45) is 3.15 Å². The van der Waals surface area contributed by atoms with Crippen molar-refractivity contribution in [2.45, 2.75) is 35.5 Å². The van der Waals surface area contributed by atoms with Crippen molar-refractivity contribution in [2.75, 3.05) is 18.5 Å². The summed E-state index contributed by atoms with van der Waals surface area (Å²) in [6.07, 6.45) is 4.81. The molecule has 4 nitrogen and oxygen atoms in total. The number of nitrogens with two attached hydrogens (primary N) is 2. The molecule has 0 radical (unpaired) electrons. The van der Waals surface area contributed by atoms with Crippen LogP contribution >= 0.6 is 21.0 Å². The molecule has 1 fully saturated rings. The Morgan fingerprint density at radius 2 is 1.83 bits per heavy atom. The summed E-state index contributed by atoms with van der Waals surface area (Å²) in [5.74, 6) is 0.575. The molecule has 1 aromatic rings. The maximum Gasteiger partial charge on any atom is 0.140 e. The van der Waals surface area contributed by atoms with Crippen LogP contribution in [0.25, 0.3) is 0 Å². The molecule has 0 atom stereocenters. The van der Waals surface area contributed by atoms with Crippen LogP contribution in [0.2, 0.25) is 0 Å². The highest BCUT2D eigenvalue weighted by Gasteiger charge is 2.24. The molecular weight excluding hydrogens is 341 g/mol. The lowest BCUT2D eigenvalue weighted by Crippen LogP contribution is -2.14. The maximum absolute atomic E-state index is 9.52. The molecule has 0 aliphatic heterocycles. The summed E-state index contributed by atoms with van der Waals surface area (Å²) in [6, 6.07) is 3.58. The Bertz CT molecular complexity index is 454. The van der Waals surface area contributed by atoms with E-state index in [9.17, 15) is 5.11 Å². The molecule has 0 amide bonds. The van der Waals surface area contributed by atoms with Gasteiger partial charge in [-0.1, -0.05) is 6.07 Å². The minimum Gasteiger partial charge on any atom is -0.506 e. The summed E-state index contributed by atoms with van der Waals surface area (Å²) in [5.41, 5.74) is 13.8. The summed E-state index contributed by atoms with van der Waals surface area (Å²) in [6.45, 7) is 0. The Morgan fingerprint density at radius 3 is 2.44 bits per heavy atom. The molecule has 18 heavy (non-hydrogen) atoms. The first-order valence-corrected chi connectivity index (χ1v) is 8.43. The van der Waals surface area contributed by atoms with Gasteiger partial charge >= 0.3 is 0 Å². The summed E-state index contributed by atoms with van der Waals surface area (Å²) in [4.78, 5) is 0. The molecule has 2 rings (SSSR count). The number of phenolic OH excluding ortho intramolecular Hbond substituents is 1. The number of hydrogen-bond donors (Lipinski definition) is 3. The molecule has 0 spiro atoms. The van der Waals surface area contributed by atoms with Crippen molar-refractivity contribution in [3.63, 3.8) is 0 Å². The zero-order chi connectivity index (χ0) is 13.1. The lowest BCUT2D eigenvalue weighted by Gasteiger charge is -2.27. The van der Waals surface area contributed by atoms with Gasteiger partial charge in [-0.15, -0.1) is 0 Å². The smallest absolute Gasteiger partial charge is 0.140 e. The number of benzene rings is 1. The number of nitrogens with zero attached hydrogens (tertiary/aromatic N) is 1. The monoisotopic (exact) mass is 361 g/mol. The van der Waals surface area contributed by atoms with Gasteiger partial charge in [0, 0.05) is 11.0 Å². The van der Waals surface area contributed by atoms with Gasteiger partial charge in [0.25, 0.3) is 0 Å². The number of rotatable bonds is 2. The fourth-order valence-electron chi connectivity index (χ4n) is 2.60. The molecule has 1 saturated carbocycles. The Hall–Kier alpha value is -0.850. The van der Waals surface area contributed by atoms with Crippen molar-refractivity contribution < 1.29 is 5.11 Å². The van der Waals surface area contributed by atoms with Crippen molar-refractivity contribution >= 4 is 32.4 Å². The number of aromatic hydroxyl groups is 1. The number of halogens is 1. The molecular formula is C13H20IN3O. The number of nitrogen functional groups attached to an aromatic ring is 2. The van der Waals surface area contributed by atoms with Crippen LogP contribution in [0, 0.1) is 0 Å². The van der Waals surface area contributed by atoms with E-state index in [0.29, 0.717) is 17.3 Å². The molecule has 5 N–H and O–H groups in total. The van der Waals surface area contributed by atoms with Gasteiger partial charge < -0.3 is 16.6 Å². The van der Waals surface area contributed by atoms with Crippen molar-refractivity contribution in [3.05, 3.63) is 17.7 Å². The Labute approximate surface area is 118 Å². The maximum atomic E-state index is 9.52. The second kappa shape index (κ2) is 5.86. The number of alkyl halides is 1. The first-order chi connectivity index (χ1) is 8.63. The lowest BCUT2D eigenvalue weighted by atomic mass is 9.83. The lowest BCUT2D eigenvalue weighted by molar-refractivity contribution is 0.460. The minimum atomic E-state index is 0.0268. The minimum absolute atomic E-state index is 0.0268. The van der Waals surface area contributed by atoms with Gasteiger partial charge in [-0.3, -0.25) is 3.15 Å². The highest BCUT2D eigenvalue weighted by molar-refractivity contribution is 14.2. The summed E-state index contributed by atoms with van der Waals surface area (Å²) in [5, 5.41) is 9.52. The quantitative estimate of drug-likeness (QED) is 0.327. The van der Waals surface area contributed by atoms with Crippen LogP contribution in [-0.4, -0.2) is 16.1 Å². The number of phenols is 1. The molecule has 5 heteroatoms. The fourth-order valence-corrected chi connectivity index (χ4v) is 4.66. The Kier molecular flexibility index (Phi) is 4.42. The van der Waals surface area contributed by atoms with Crippen molar-refractivity contribution in [1.29, 1.82) is 0 Å². The van der Waals surface area contributed by atoms with E-state index in [1.54, 1.807) is 6.07 Å². The van der Waals surface area contributed by atoms with Gasteiger partial charge in [-0.2, -0.15) is 0 Å². The number of hydrogen-bond acceptors (Lipinski definition) is 4. The summed E-state index contributed by atoms with van der Waals surface area (Å²) >= 11 is 0.0268. The van der Waals surface area contributed by atoms with Crippen LogP contribution < -0.4 is 11.5 Å². The van der Waals surface area contributed by atoms with E-state index in [1.807, 2.05) is 13.1 Å². The highest BCUT2D eigenvalue weighted by Crippen LogP contribution is 2.42. The molecule has 0 aromatic heterocycles. The van der Waals surface area contributed by atoms with E-state index in [-0.39, 0.29) is 26.8 Å². The van der Waals surface area contributed by atoms with Crippen molar-refractivity contribution in [3.8, 4) is 5.75 Å². The van der Waals surface area contributed by atoms with Crippen LogP contribution in [0.1, 0.15) is 37.2 Å². The standard InChI is InChI=1S/C13H20IN3O/c1-17-14-9-4-2-8(3-5-9)10-6-7-11(18)13(16)12(10)15/h6-9,18H,2-5,15-16H2,1H3. The van der Waals surface area contributed by atoms with E-state index in [2.05, 4.69) is 3.15 Å². The normalized spacial score (nSPS) is 24.9. The predicted octanol–water partition coefficient (Wildman–Crippen LogP) is 3.37. The van der Waals surface area contributed by atoms with Crippen LogP contribution in [0.4, 0.5) is 11.4 Å². The first-order valence-electron chi connectivity index (χ1n) is 6.22. The van der Waals surface area contributed by atoms with E-state index >= 15 is 0 Å². The Morgan fingerprint density at radius 1 is 1.17 bits per heavy atom. The second-order valence-corrected chi connectivity index (χ2v) is 8.00. The average molecular weight is 361 g/mol. The van der Waals surface area contributed by atoms with Crippen LogP contribution in [0.5, 0.6) is 5.75 Å². The average Bonchev–Trinajstić information content (AvgIpc) is 2.38. The zero-order valence-corrected chi connectivity index (χ0v) is 12.7. The SMILES string of the molecule is CN=IC1CCC(c2ccc(O)c(N)c2N)CC1. The topological polar surface area (TPSA) is 84.6 Å². The Balaban J connectivity index is 2.13. The third-order valence-electron chi connectivity index (χ3n) is 3.63. The molecule has 100 valence electrons. The van der Waals surface area contributed by atoms with Crippen LogP contribution in [0.15, 0.2) is 15.3 Å². The van der Waals surface area contributed by atoms with E-state index in [1.165, 1.54) is 12.8 Å². The van der Waals surface area contributed by atoms with Crippen LogP contribution in [0.3, 0.4) is 0 Å². The van der Waals surface area contributed by atoms with Crippen LogP contribution in [-0.2, 0) is 0 Å². The number of anilines is 2. The molecule has 0 heterocycles. The third-order valence-corrected chi connectivity index (χ3v) is 6.22. The van der Waals surface area contributed by atoms with Gasteiger partial charge in [-0.05, 0) is 64.3 Å². The zero-order valence-electron chi connectivity index (χ0n) is 10.6. The third kappa shape index (κ3) is 2.76. The molecule has 0 saturated heterocycles. The molecule has 1 aromatic carbocycles. The fraction of sp³-hybridized carbons (Fsp3) is 0.538. The van der Waals surface area contributed by atoms with Gasteiger partial charge in [0.1, 0.15) is 5.75 Å². The first kappa shape index (κ1) is 13.6. The van der Waals surface area contributed by atoms with Gasteiger partial charge in [0.15, 0.2) is 0 Å². The second-order valence-electron chi connectivity index (χ2n) is 4.72. The van der Waals surface area contributed by atoms with E-state index < -0.39 is 0 Å². The molecule has 1 aliphatic carbocycles. The highest BCUT2D eigenvalue weighted by atomic mass is 127. The van der Waals surface area contributed by atoms with Gasteiger partial charge in [0.2, 0.25) is 0 Å². The summed E-state index contributed by atoms with van der Waals surface area (Å²) < 4.78 is 5.17. The van der Waals surface area contributed by atoms with Gasteiger partial charge in [-0.25, -0.2) is 0 Å². The summed E-state index contributed by atoms with van der Waals surface area (Å²) in [7, 11) is 1.93. The molecule has 0 unspecified atom stereocenters. The molecule has 1 aliphatic rings. The molecule has 0 bridgehead atoms. The predicted molar refractivity (Wildman–Crippen MR) is 84.3 cm³/mol. The largest absolute Gasteiger partial charge is 0.506 e. The van der Waals surface area contributed by atoms with E-state index in [0.717, 1.165) is 22.3 Å². The van der Waals surface area contributed by atoms with Crippen molar-refractivity contribution in [1.82, 2.24) is 0 Å². The van der Waals surface area contributed by atoms with E-state index in [4.69, 9.17) is 11.5 Å². The van der Waals surface area contributed by atoms with Gasteiger partial charge in [0.05, 0.1) is 11.4 Å².